The van der Waals surface area contributed by atoms with Gasteiger partial charge in [-0.3, -0.25) is 4.98 Å². The molecule has 4 rings (SSSR count). The van der Waals surface area contributed by atoms with E-state index in [1.54, 1.807) is 12.1 Å². The topological polar surface area (TPSA) is 42.4 Å². The number of likely N-dealkylation sites (tertiary alicyclic amines) is 1. The monoisotopic (exact) mass is 356 g/mol. The van der Waals surface area contributed by atoms with E-state index in [1.165, 1.54) is 11.6 Å². The number of halogens is 1. The number of amides is 1. The smallest absolute Gasteiger partial charge is 0.410 e. The maximum absolute atomic E-state index is 13.7. The largest absolute Gasteiger partial charge is 0.444 e. The van der Waals surface area contributed by atoms with Crippen LogP contribution < -0.4 is 0 Å². The van der Waals surface area contributed by atoms with Crippen molar-refractivity contribution in [2.45, 2.75) is 45.1 Å². The third kappa shape index (κ3) is 3.27. The molecule has 1 aliphatic heterocycles. The highest BCUT2D eigenvalue weighted by Gasteiger charge is 2.44. The second-order valence-corrected chi connectivity index (χ2v) is 8.64. The highest BCUT2D eigenvalue weighted by atomic mass is 19.1. The van der Waals surface area contributed by atoms with Crippen LogP contribution in [0.15, 0.2) is 30.5 Å². The molecule has 0 spiro atoms. The standard InChI is InChI=1S/C21H25FN2O2/c1-21(2,3)26-20(25)24-11-14-8-13(9-15(14)12-24)17-6-7-23-19-5-4-16(22)10-18(17)19/h4-7,10,13-15H,8-9,11-12H2,1-3H3/t13?,14-,15+. The van der Waals surface area contributed by atoms with E-state index in [9.17, 15) is 9.18 Å². The molecule has 1 aromatic heterocycles. The molecule has 5 heteroatoms. The maximum atomic E-state index is 13.7. The van der Waals surface area contributed by atoms with E-state index < -0.39 is 5.60 Å². The number of hydrogen-bond donors (Lipinski definition) is 0. The van der Waals surface area contributed by atoms with Crippen LogP contribution in [0.4, 0.5) is 9.18 Å². The SMILES string of the molecule is CC(C)(C)OC(=O)N1C[C@H]2CC(c3ccnc4ccc(F)cc34)C[C@H]2C1. The molecule has 1 aromatic carbocycles. The van der Waals surface area contributed by atoms with Gasteiger partial charge in [0, 0.05) is 24.7 Å². The summed E-state index contributed by atoms with van der Waals surface area (Å²) in [4.78, 5) is 18.5. The van der Waals surface area contributed by atoms with Crippen molar-refractivity contribution in [1.82, 2.24) is 9.88 Å². The summed E-state index contributed by atoms with van der Waals surface area (Å²) in [5.74, 6) is 1.16. The molecule has 2 heterocycles. The van der Waals surface area contributed by atoms with Gasteiger partial charge in [-0.2, -0.15) is 0 Å². The van der Waals surface area contributed by atoms with Gasteiger partial charge in [0.05, 0.1) is 5.52 Å². The second kappa shape index (κ2) is 6.22. The van der Waals surface area contributed by atoms with E-state index >= 15 is 0 Å². The van der Waals surface area contributed by atoms with E-state index in [2.05, 4.69) is 4.98 Å². The van der Waals surface area contributed by atoms with Crippen molar-refractivity contribution in [3.63, 3.8) is 0 Å². The molecule has 1 saturated carbocycles. The Balaban J connectivity index is 1.49. The Morgan fingerprint density at radius 2 is 1.88 bits per heavy atom. The zero-order valence-corrected chi connectivity index (χ0v) is 15.5. The Morgan fingerprint density at radius 1 is 1.19 bits per heavy atom. The van der Waals surface area contributed by atoms with Crippen LogP contribution in [0.5, 0.6) is 0 Å². The highest BCUT2D eigenvalue weighted by Crippen LogP contribution is 2.47. The van der Waals surface area contributed by atoms with Crippen LogP contribution in [-0.4, -0.2) is 34.7 Å². The molecule has 0 bridgehead atoms. The van der Waals surface area contributed by atoms with Gasteiger partial charge in [0.15, 0.2) is 0 Å². The van der Waals surface area contributed by atoms with Crippen molar-refractivity contribution in [3.8, 4) is 0 Å². The summed E-state index contributed by atoms with van der Waals surface area (Å²) in [5.41, 5.74) is 1.57. The van der Waals surface area contributed by atoms with Crippen molar-refractivity contribution in [3.05, 3.63) is 41.8 Å². The van der Waals surface area contributed by atoms with Gasteiger partial charge < -0.3 is 9.64 Å². The number of benzene rings is 1. The summed E-state index contributed by atoms with van der Waals surface area (Å²) >= 11 is 0. The van der Waals surface area contributed by atoms with Crippen molar-refractivity contribution in [2.75, 3.05) is 13.1 Å². The van der Waals surface area contributed by atoms with Gasteiger partial charge in [-0.25, -0.2) is 9.18 Å². The van der Waals surface area contributed by atoms with Crippen LogP contribution >= 0.6 is 0 Å². The molecule has 1 amide bonds. The number of carbonyl (C=O) groups is 1. The van der Waals surface area contributed by atoms with Gasteiger partial charge in [-0.1, -0.05) is 0 Å². The molecule has 1 saturated heterocycles. The van der Waals surface area contributed by atoms with Crippen LogP contribution in [-0.2, 0) is 4.74 Å². The number of nitrogens with zero attached hydrogens (tertiary/aromatic N) is 2. The molecule has 1 aliphatic carbocycles. The molecule has 0 N–H and O–H groups in total. The Morgan fingerprint density at radius 3 is 2.54 bits per heavy atom. The Kier molecular flexibility index (Phi) is 4.13. The summed E-state index contributed by atoms with van der Waals surface area (Å²) in [6, 6.07) is 6.83. The molecule has 2 fully saturated rings. The molecule has 4 nitrogen and oxygen atoms in total. The molecule has 138 valence electrons. The third-order valence-corrected chi connectivity index (χ3v) is 5.58. The summed E-state index contributed by atoms with van der Waals surface area (Å²) in [7, 11) is 0. The van der Waals surface area contributed by atoms with Crippen LogP contribution in [0.3, 0.4) is 0 Å². The van der Waals surface area contributed by atoms with Crippen LogP contribution in [0, 0.1) is 17.7 Å². The zero-order chi connectivity index (χ0) is 18.5. The lowest BCUT2D eigenvalue weighted by Gasteiger charge is -2.25. The van der Waals surface area contributed by atoms with E-state index in [-0.39, 0.29) is 11.9 Å². The number of pyridine rings is 1. The molecular weight excluding hydrogens is 331 g/mol. The summed E-state index contributed by atoms with van der Waals surface area (Å²) in [6.07, 6.45) is 3.66. The van der Waals surface area contributed by atoms with E-state index in [4.69, 9.17) is 4.74 Å². The first-order chi connectivity index (χ1) is 12.3. The van der Waals surface area contributed by atoms with Gasteiger partial charge in [-0.15, -0.1) is 0 Å². The first kappa shape index (κ1) is 17.3. The zero-order valence-electron chi connectivity index (χ0n) is 15.5. The first-order valence-corrected chi connectivity index (χ1v) is 9.32. The normalized spacial score (nSPS) is 25.5. The minimum Gasteiger partial charge on any atom is -0.444 e. The lowest BCUT2D eigenvalue weighted by atomic mass is 9.93. The van der Waals surface area contributed by atoms with Gasteiger partial charge >= 0.3 is 6.09 Å². The second-order valence-electron chi connectivity index (χ2n) is 8.64. The average Bonchev–Trinajstić information content (AvgIpc) is 3.11. The number of rotatable bonds is 1. The summed E-state index contributed by atoms with van der Waals surface area (Å²) < 4.78 is 19.2. The molecule has 2 aromatic rings. The van der Waals surface area contributed by atoms with E-state index in [0.29, 0.717) is 17.8 Å². The lowest BCUT2D eigenvalue weighted by molar-refractivity contribution is 0.0279. The molecule has 1 unspecified atom stereocenters. The predicted octanol–water partition coefficient (Wildman–Crippen LogP) is 4.73. The average molecular weight is 356 g/mol. The molecule has 0 radical (unpaired) electrons. The minimum absolute atomic E-state index is 0.208. The van der Waals surface area contributed by atoms with Crippen LogP contribution in [0.25, 0.3) is 10.9 Å². The Hall–Kier alpha value is -2.17. The molecular formula is C21H25FN2O2. The number of aromatic nitrogens is 1. The molecule has 3 atom stereocenters. The quantitative estimate of drug-likeness (QED) is 0.741. The van der Waals surface area contributed by atoms with Crippen LogP contribution in [0.1, 0.15) is 45.1 Å². The fourth-order valence-electron chi connectivity index (χ4n) is 4.53. The maximum Gasteiger partial charge on any atom is 0.410 e. The molecule has 26 heavy (non-hydrogen) atoms. The number of ether oxygens (including phenoxy) is 1. The van der Waals surface area contributed by atoms with Gasteiger partial charge in [0.2, 0.25) is 0 Å². The van der Waals surface area contributed by atoms with Crippen molar-refractivity contribution < 1.29 is 13.9 Å². The third-order valence-electron chi connectivity index (χ3n) is 5.58. The van der Waals surface area contributed by atoms with Crippen molar-refractivity contribution >= 4 is 17.0 Å². The van der Waals surface area contributed by atoms with Gasteiger partial charge in [0.25, 0.3) is 0 Å². The minimum atomic E-state index is -0.461. The van der Waals surface area contributed by atoms with Gasteiger partial charge in [0.1, 0.15) is 11.4 Å². The highest BCUT2D eigenvalue weighted by molar-refractivity contribution is 5.82. The Bertz CT molecular complexity index is 832. The number of carbonyl (C=O) groups excluding carboxylic acids is 1. The van der Waals surface area contributed by atoms with Crippen molar-refractivity contribution in [2.24, 2.45) is 11.8 Å². The Labute approximate surface area is 153 Å². The first-order valence-electron chi connectivity index (χ1n) is 9.32. The van der Waals surface area contributed by atoms with Crippen molar-refractivity contribution in [1.29, 1.82) is 0 Å². The lowest BCUT2D eigenvalue weighted by Crippen LogP contribution is -2.36. The fourth-order valence-corrected chi connectivity index (χ4v) is 4.53. The predicted molar refractivity (Wildman–Crippen MR) is 98.5 cm³/mol. The summed E-state index contributed by atoms with van der Waals surface area (Å²) in [6.45, 7) is 7.20. The number of hydrogen-bond acceptors (Lipinski definition) is 3. The molecule has 2 aliphatic rings. The van der Waals surface area contributed by atoms with E-state index in [0.717, 1.165) is 36.8 Å². The summed E-state index contributed by atoms with van der Waals surface area (Å²) in [5, 5.41) is 0.918. The van der Waals surface area contributed by atoms with Gasteiger partial charge in [-0.05, 0) is 81.2 Å². The van der Waals surface area contributed by atoms with Crippen LogP contribution in [0.2, 0.25) is 0 Å². The number of fused-ring (bicyclic) bond motifs is 2. The van der Waals surface area contributed by atoms with E-state index in [1.807, 2.05) is 37.9 Å². The fraction of sp³-hybridized carbons (Fsp3) is 0.524.